The van der Waals surface area contributed by atoms with Gasteiger partial charge in [-0.05, 0) is 61.4 Å². The number of sulfone groups is 1. The van der Waals surface area contributed by atoms with E-state index in [1.165, 1.54) is 70.3 Å². The topological polar surface area (TPSA) is 357 Å². The van der Waals surface area contributed by atoms with E-state index < -0.39 is 82.4 Å². The molecule has 0 unspecified atom stereocenters. The lowest BCUT2D eigenvalue weighted by Crippen LogP contribution is -2.61. The van der Waals surface area contributed by atoms with E-state index in [9.17, 15) is 38.4 Å². The number of carbonyl (C=O) groups excluding carboxylic acids is 2. The number of anilines is 2. The van der Waals surface area contributed by atoms with Crippen LogP contribution in [0.5, 0.6) is 0 Å². The van der Waals surface area contributed by atoms with Gasteiger partial charge in [-0.3, -0.25) is 9.59 Å². The van der Waals surface area contributed by atoms with Crippen molar-refractivity contribution < 1.29 is 47.9 Å². The zero-order valence-corrected chi connectivity index (χ0v) is 31.2. The number of hydrogen-bond acceptors (Lipinski definition) is 18. The average molecular weight is 815 g/mol. The van der Waals surface area contributed by atoms with Crippen LogP contribution >= 0.6 is 0 Å². The van der Waals surface area contributed by atoms with Gasteiger partial charge in [0.05, 0.1) is 47.6 Å². The predicted molar refractivity (Wildman–Crippen MR) is 198 cm³/mol. The lowest BCUT2D eigenvalue weighted by atomic mass is 9.85. The van der Waals surface area contributed by atoms with Crippen molar-refractivity contribution in [3.63, 3.8) is 0 Å². The molecular weight excluding hydrogens is 769 g/mol. The predicted octanol–water partition coefficient (Wildman–Crippen LogP) is -3.69. The second kappa shape index (κ2) is 17.8. The van der Waals surface area contributed by atoms with E-state index in [1.54, 1.807) is 0 Å². The van der Waals surface area contributed by atoms with Gasteiger partial charge >= 0.3 is 0 Å². The Hall–Kier alpha value is -4.79. The lowest BCUT2D eigenvalue weighted by molar-refractivity contribution is -0.132. The molecule has 0 aliphatic heterocycles. The Bertz CT molecular complexity index is 1960. The number of nitrogens with two attached hydrogens (primary N) is 4. The Kier molecular flexibility index (Phi) is 13.0. The molecule has 6 rings (SSSR count). The number of nitrogens with one attached hydrogen (secondary N) is 2. The summed E-state index contributed by atoms with van der Waals surface area (Å²) in [6, 6.07) is 8.65. The number of aromatic nitrogens is 6. The molecule has 0 spiro atoms. The molecule has 0 bridgehead atoms. The van der Waals surface area contributed by atoms with Crippen LogP contribution in [0.4, 0.5) is 11.4 Å². The van der Waals surface area contributed by atoms with E-state index in [2.05, 4.69) is 31.3 Å². The summed E-state index contributed by atoms with van der Waals surface area (Å²) in [6.45, 7) is -0.586. The van der Waals surface area contributed by atoms with Gasteiger partial charge in [0.2, 0.25) is 21.7 Å². The molecule has 57 heavy (non-hydrogen) atoms. The molecule has 23 heteroatoms. The molecule has 0 radical (unpaired) electrons. The molecule has 308 valence electrons. The third kappa shape index (κ3) is 10.0. The molecule has 2 aliphatic rings. The first-order chi connectivity index (χ1) is 27.1. The lowest BCUT2D eigenvalue weighted by Gasteiger charge is -2.39. The zero-order chi connectivity index (χ0) is 41.0. The van der Waals surface area contributed by atoms with Gasteiger partial charge in [0.25, 0.3) is 0 Å². The van der Waals surface area contributed by atoms with Crippen LogP contribution in [0.15, 0.2) is 70.7 Å². The second-order valence-corrected chi connectivity index (χ2v) is 16.1. The van der Waals surface area contributed by atoms with Crippen molar-refractivity contribution in [2.45, 2.75) is 110 Å². The number of carbonyl (C=O) groups is 2. The van der Waals surface area contributed by atoms with Gasteiger partial charge in [-0.25, -0.2) is 17.8 Å². The minimum atomic E-state index is -3.96. The van der Waals surface area contributed by atoms with Crippen molar-refractivity contribution >= 4 is 33.0 Å². The molecule has 0 saturated heterocycles. The Morgan fingerprint density at radius 2 is 1.00 bits per heavy atom. The highest BCUT2D eigenvalue weighted by Crippen LogP contribution is 2.25. The second-order valence-electron chi connectivity index (χ2n) is 14.1. The molecule has 4 aromatic rings. The van der Waals surface area contributed by atoms with Crippen LogP contribution in [0.1, 0.15) is 24.2 Å². The zero-order valence-electron chi connectivity index (χ0n) is 30.4. The van der Waals surface area contributed by atoms with Crippen molar-refractivity contribution in [3.8, 4) is 0 Å². The van der Waals surface area contributed by atoms with Crippen molar-refractivity contribution in [1.29, 1.82) is 0 Å². The number of nitrogens with zero attached hydrogens (tertiary/aromatic N) is 6. The summed E-state index contributed by atoms with van der Waals surface area (Å²) in [4.78, 5) is 25.3. The monoisotopic (exact) mass is 814 g/mol. The maximum atomic E-state index is 13.3. The SMILES string of the molecule is N[C@@H]1C[C@H](N)[C@@H](OCc2cn(CC(=O)Nc3ccc(S(=O)(=O)c4ccc(NC(=O)Cn5cc(CO[C@H]6[C@H](O)[C@@H](O)[C@H](N)C[C@@H]6N)nn5)cc4)cc3)nn2)[C@H](O)[C@H]1O. The first-order valence-electron chi connectivity index (χ1n) is 17.9. The molecular formula is C34H46N12O10S. The number of benzene rings is 2. The quantitative estimate of drug-likeness (QED) is 0.0586. The van der Waals surface area contributed by atoms with Crippen LogP contribution in [0, 0.1) is 0 Å². The number of aliphatic hydroxyl groups excluding tert-OH is 4. The molecule has 2 aromatic carbocycles. The summed E-state index contributed by atoms with van der Waals surface area (Å²) >= 11 is 0. The first kappa shape index (κ1) is 41.8. The number of amides is 2. The molecule has 22 nitrogen and oxygen atoms in total. The summed E-state index contributed by atoms with van der Waals surface area (Å²) < 4.78 is 40.5. The van der Waals surface area contributed by atoms with Crippen molar-refractivity contribution in [3.05, 3.63) is 72.3 Å². The van der Waals surface area contributed by atoms with Crippen LogP contribution in [-0.2, 0) is 55.2 Å². The number of hydrogen-bond donors (Lipinski definition) is 10. The fraction of sp³-hybridized carbons (Fsp3) is 0.471. The normalized spacial score (nSPS) is 27.9. The third-order valence-corrected chi connectivity index (χ3v) is 11.5. The van der Waals surface area contributed by atoms with Gasteiger partial charge in [0.15, 0.2) is 0 Å². The summed E-state index contributed by atoms with van der Waals surface area (Å²) in [5.41, 5.74) is 25.0. The van der Waals surface area contributed by atoms with Gasteiger partial charge in [0.1, 0.15) is 48.9 Å². The molecule has 2 saturated carbocycles. The third-order valence-electron chi connectivity index (χ3n) is 9.71. The van der Waals surface area contributed by atoms with Gasteiger partial charge in [-0.15, -0.1) is 10.2 Å². The van der Waals surface area contributed by atoms with Gasteiger partial charge in [0, 0.05) is 35.5 Å². The standard InChI is InChI=1S/C34H46N12O10S/c35-23-9-25(37)33(31(51)29(23)49)55-15-19-11-45(43-41-19)13-27(47)39-17-1-5-21(6-2-17)57(53,54)22-7-3-18(4-8-22)40-28(48)14-46-12-20(42-44-46)16-56-34-26(38)10-24(36)30(50)32(34)52/h1-8,11-12,23-26,29-34,49-52H,9-10,13-16,35-38H2,(H,39,47)(H,40,48)/t23-,24-,25+,26+,29+,30+,31-,32-,33-,34-/m1/s1. The van der Waals surface area contributed by atoms with E-state index in [0.717, 1.165) is 0 Å². The van der Waals surface area contributed by atoms with Crippen LogP contribution in [0.3, 0.4) is 0 Å². The Morgan fingerprint density at radius 1 is 0.632 bits per heavy atom. The van der Waals surface area contributed by atoms with Crippen molar-refractivity contribution in [2.24, 2.45) is 22.9 Å². The molecule has 2 aromatic heterocycles. The number of ether oxygens (including phenoxy) is 2. The summed E-state index contributed by atoms with van der Waals surface area (Å²) in [5, 5.41) is 61.7. The van der Waals surface area contributed by atoms with Crippen LogP contribution in [0.25, 0.3) is 0 Å². The van der Waals surface area contributed by atoms with Crippen molar-refractivity contribution in [1.82, 2.24) is 30.0 Å². The Balaban J connectivity index is 0.950. The molecule has 2 fully saturated rings. The summed E-state index contributed by atoms with van der Waals surface area (Å²) in [7, 11) is -3.96. The average Bonchev–Trinajstić information content (AvgIpc) is 3.82. The van der Waals surface area contributed by atoms with E-state index in [0.29, 0.717) is 22.8 Å². The summed E-state index contributed by atoms with van der Waals surface area (Å²) in [6.07, 6.45) is -3.12. The van der Waals surface area contributed by atoms with Gasteiger partial charge < -0.3 is 63.5 Å². The number of rotatable bonds is 14. The molecule has 10 atom stereocenters. The highest BCUT2D eigenvalue weighted by Gasteiger charge is 2.42. The van der Waals surface area contributed by atoms with Crippen LogP contribution in [-0.4, -0.2) is 131 Å². The van der Waals surface area contributed by atoms with Gasteiger partial charge in [-0.2, -0.15) is 0 Å². The maximum Gasteiger partial charge on any atom is 0.246 e. The van der Waals surface area contributed by atoms with Crippen LogP contribution < -0.4 is 33.6 Å². The van der Waals surface area contributed by atoms with E-state index in [-0.39, 0.29) is 48.9 Å². The molecule has 2 aliphatic carbocycles. The highest BCUT2D eigenvalue weighted by atomic mass is 32.2. The van der Waals surface area contributed by atoms with E-state index in [1.807, 2.05) is 0 Å². The smallest absolute Gasteiger partial charge is 0.246 e. The largest absolute Gasteiger partial charge is 0.389 e. The van der Waals surface area contributed by atoms with E-state index >= 15 is 0 Å². The molecule has 2 amide bonds. The van der Waals surface area contributed by atoms with Gasteiger partial charge in [-0.1, -0.05) is 10.4 Å². The molecule has 14 N–H and O–H groups in total. The van der Waals surface area contributed by atoms with E-state index in [4.69, 9.17) is 32.4 Å². The fourth-order valence-electron chi connectivity index (χ4n) is 6.62. The van der Waals surface area contributed by atoms with Crippen molar-refractivity contribution in [2.75, 3.05) is 10.6 Å². The Labute approximate surface area is 326 Å². The molecule has 2 heterocycles. The Morgan fingerprint density at radius 3 is 1.37 bits per heavy atom. The number of aliphatic hydroxyl groups is 4. The maximum absolute atomic E-state index is 13.3. The minimum absolute atomic E-state index is 0.0267. The fourth-order valence-corrected chi connectivity index (χ4v) is 7.88. The highest BCUT2D eigenvalue weighted by molar-refractivity contribution is 7.91. The summed E-state index contributed by atoms with van der Waals surface area (Å²) in [5.74, 6) is -0.928. The minimum Gasteiger partial charge on any atom is -0.389 e. The van der Waals surface area contributed by atoms with Crippen LogP contribution in [0.2, 0.25) is 0 Å². The first-order valence-corrected chi connectivity index (χ1v) is 19.4.